The molecule has 1 N–H and O–H groups in total. The summed E-state index contributed by atoms with van der Waals surface area (Å²) in [5, 5.41) is 24.5. The van der Waals surface area contributed by atoms with Crippen LogP contribution in [0.25, 0.3) is 34.1 Å². The molecule has 0 bridgehead atoms. The molecule has 1 aromatic carbocycles. The van der Waals surface area contributed by atoms with Crippen molar-refractivity contribution in [2.75, 3.05) is 0 Å². The van der Waals surface area contributed by atoms with Crippen LogP contribution in [0.5, 0.6) is 0 Å². The molecule has 0 radical (unpaired) electrons. The van der Waals surface area contributed by atoms with Crippen LogP contribution in [0.4, 0.5) is 30.7 Å². The number of nitrogens with zero attached hydrogens (tertiary/aromatic N) is 8. The molecule has 198 valence electrons. The van der Waals surface area contributed by atoms with Crippen molar-refractivity contribution < 1.29 is 40.4 Å². The first-order valence-electron chi connectivity index (χ1n) is 10.5. The minimum Gasteiger partial charge on any atom is -0.372 e. The van der Waals surface area contributed by atoms with Gasteiger partial charge in [0.25, 0.3) is 5.60 Å². The van der Waals surface area contributed by atoms with Gasteiger partial charge in [0.2, 0.25) is 0 Å². The SMILES string of the molecule is OC(Cn1nnc2cnc(-c3cc(-c4ccon4)n(Cc4ccccc4F)n3)nc21)(C(F)(F)F)C(F)(F)F. The Morgan fingerprint density at radius 1 is 0.947 bits per heavy atom. The molecule has 0 fully saturated rings. The van der Waals surface area contributed by atoms with E-state index in [0.717, 1.165) is 6.20 Å². The van der Waals surface area contributed by atoms with Crippen molar-refractivity contribution in [1.82, 2.24) is 39.9 Å². The molecule has 5 rings (SSSR count). The highest BCUT2D eigenvalue weighted by Gasteiger charge is 2.71. The number of rotatable bonds is 6. The van der Waals surface area contributed by atoms with Gasteiger partial charge in [-0.05, 0) is 12.1 Å². The van der Waals surface area contributed by atoms with E-state index in [9.17, 15) is 35.8 Å². The van der Waals surface area contributed by atoms with Crippen LogP contribution in [0.1, 0.15) is 5.56 Å². The van der Waals surface area contributed by atoms with Crippen molar-refractivity contribution >= 4 is 11.2 Å². The average Bonchev–Trinajstić information content (AvgIpc) is 3.59. The molecule has 0 saturated heterocycles. The molecule has 0 aliphatic rings. The third kappa shape index (κ3) is 4.33. The van der Waals surface area contributed by atoms with Gasteiger partial charge in [0.15, 0.2) is 17.0 Å². The summed E-state index contributed by atoms with van der Waals surface area (Å²) >= 11 is 0. The van der Waals surface area contributed by atoms with Crippen molar-refractivity contribution in [3.05, 3.63) is 60.2 Å². The Morgan fingerprint density at radius 3 is 2.34 bits per heavy atom. The van der Waals surface area contributed by atoms with Crippen LogP contribution < -0.4 is 0 Å². The minimum absolute atomic E-state index is 0.0240. The topological polar surface area (TPSA) is 121 Å². The highest BCUT2D eigenvalue weighted by molar-refractivity contribution is 5.72. The lowest BCUT2D eigenvalue weighted by Crippen LogP contribution is -2.59. The van der Waals surface area contributed by atoms with Crippen molar-refractivity contribution in [2.24, 2.45) is 0 Å². The van der Waals surface area contributed by atoms with Gasteiger partial charge in [-0.15, -0.1) is 5.10 Å². The fourth-order valence-corrected chi connectivity index (χ4v) is 3.54. The molecule has 10 nitrogen and oxygen atoms in total. The Morgan fingerprint density at radius 2 is 1.68 bits per heavy atom. The highest BCUT2D eigenvalue weighted by atomic mass is 19.4. The largest absolute Gasteiger partial charge is 0.428 e. The first-order valence-corrected chi connectivity index (χ1v) is 10.5. The van der Waals surface area contributed by atoms with Crippen LogP contribution in [0.15, 0.2) is 53.4 Å². The number of fused-ring (bicyclic) bond motifs is 1. The Balaban J connectivity index is 1.57. The molecule has 17 heteroatoms. The van der Waals surface area contributed by atoms with Gasteiger partial charge in [0.1, 0.15) is 23.5 Å². The smallest absolute Gasteiger partial charge is 0.372 e. The van der Waals surface area contributed by atoms with E-state index in [2.05, 4.69) is 30.5 Å². The lowest BCUT2D eigenvalue weighted by Gasteiger charge is -2.31. The number of halogens is 7. The quantitative estimate of drug-likeness (QED) is 0.322. The zero-order valence-corrected chi connectivity index (χ0v) is 18.6. The van der Waals surface area contributed by atoms with Gasteiger partial charge >= 0.3 is 12.4 Å². The van der Waals surface area contributed by atoms with E-state index in [4.69, 9.17) is 4.52 Å². The molecule has 0 aliphatic carbocycles. The van der Waals surface area contributed by atoms with Crippen LogP contribution >= 0.6 is 0 Å². The lowest BCUT2D eigenvalue weighted by atomic mass is 10.0. The Hall–Kier alpha value is -4.41. The van der Waals surface area contributed by atoms with Crippen LogP contribution in [-0.4, -0.2) is 63.0 Å². The fourth-order valence-electron chi connectivity index (χ4n) is 3.54. The van der Waals surface area contributed by atoms with Gasteiger partial charge in [-0.25, -0.2) is 19.0 Å². The third-order valence-electron chi connectivity index (χ3n) is 5.56. The second kappa shape index (κ2) is 8.86. The van der Waals surface area contributed by atoms with E-state index in [-0.39, 0.29) is 33.8 Å². The number of aromatic nitrogens is 8. The van der Waals surface area contributed by atoms with E-state index in [1.54, 1.807) is 6.07 Å². The summed E-state index contributed by atoms with van der Waals surface area (Å²) in [4.78, 5) is 8.02. The summed E-state index contributed by atoms with van der Waals surface area (Å²) in [6.45, 7) is -2.13. The van der Waals surface area contributed by atoms with Gasteiger partial charge in [0, 0.05) is 11.6 Å². The molecular formula is C21H13F7N8O2. The van der Waals surface area contributed by atoms with Crippen molar-refractivity contribution in [3.8, 4) is 22.9 Å². The number of alkyl halides is 6. The summed E-state index contributed by atoms with van der Waals surface area (Å²) < 4.78 is 99.9. The third-order valence-corrected chi connectivity index (χ3v) is 5.56. The van der Waals surface area contributed by atoms with E-state index in [1.807, 2.05) is 0 Å². The van der Waals surface area contributed by atoms with E-state index in [1.165, 1.54) is 41.3 Å². The average molecular weight is 542 g/mol. The standard InChI is InChI=1S/C21H13F7N8O2/c22-12-4-2-1-3-11(12)9-35-16(13-5-6-38-33-13)7-14(32-35)17-29-8-15-18(30-17)36(34-31-15)10-19(37,20(23,24)25)21(26,27)28/h1-8,37H,9-10H2. The predicted octanol–water partition coefficient (Wildman–Crippen LogP) is 3.78. The normalized spacial score (nSPS) is 12.9. The molecule has 5 aromatic rings. The van der Waals surface area contributed by atoms with Crippen LogP contribution in [0, 0.1) is 5.82 Å². The highest BCUT2D eigenvalue weighted by Crippen LogP contribution is 2.44. The molecular weight excluding hydrogens is 529 g/mol. The summed E-state index contributed by atoms with van der Waals surface area (Å²) in [5.74, 6) is -0.731. The van der Waals surface area contributed by atoms with Crippen molar-refractivity contribution in [2.45, 2.75) is 31.0 Å². The number of benzene rings is 1. The number of hydrogen-bond acceptors (Lipinski definition) is 8. The summed E-state index contributed by atoms with van der Waals surface area (Å²) in [7, 11) is 0. The summed E-state index contributed by atoms with van der Waals surface area (Å²) in [6.07, 6.45) is -9.84. The maximum absolute atomic E-state index is 14.3. The fraction of sp³-hybridized carbons (Fsp3) is 0.238. The molecule has 0 unspecified atom stereocenters. The molecule has 0 spiro atoms. The van der Waals surface area contributed by atoms with Crippen molar-refractivity contribution in [1.29, 1.82) is 0 Å². The van der Waals surface area contributed by atoms with Gasteiger partial charge < -0.3 is 9.63 Å². The van der Waals surface area contributed by atoms with Crippen LogP contribution in [0.3, 0.4) is 0 Å². The molecule has 0 atom stereocenters. The minimum atomic E-state index is -6.07. The van der Waals surface area contributed by atoms with E-state index in [0.29, 0.717) is 11.4 Å². The Labute approximate surface area is 206 Å². The predicted molar refractivity (Wildman–Crippen MR) is 112 cm³/mol. The monoisotopic (exact) mass is 542 g/mol. The second-order valence-electron chi connectivity index (χ2n) is 8.05. The Bertz CT molecular complexity index is 1580. The second-order valence-corrected chi connectivity index (χ2v) is 8.05. The van der Waals surface area contributed by atoms with Gasteiger partial charge in [-0.2, -0.15) is 31.4 Å². The van der Waals surface area contributed by atoms with Gasteiger partial charge in [0.05, 0.1) is 25.0 Å². The molecule has 0 aliphatic heterocycles. The van der Waals surface area contributed by atoms with Crippen molar-refractivity contribution in [3.63, 3.8) is 0 Å². The summed E-state index contributed by atoms with van der Waals surface area (Å²) in [5.41, 5.74) is -4.95. The zero-order valence-electron chi connectivity index (χ0n) is 18.6. The van der Waals surface area contributed by atoms with Gasteiger partial charge in [-0.1, -0.05) is 28.6 Å². The lowest BCUT2D eigenvalue weighted by molar-refractivity contribution is -0.372. The molecule has 4 heterocycles. The number of aliphatic hydroxyl groups is 1. The zero-order chi connectivity index (χ0) is 27.3. The number of hydrogen-bond donors (Lipinski definition) is 1. The molecule has 0 amide bonds. The maximum Gasteiger partial charge on any atom is 0.428 e. The molecule has 38 heavy (non-hydrogen) atoms. The molecule has 0 saturated carbocycles. The van der Waals surface area contributed by atoms with E-state index >= 15 is 0 Å². The first-order chi connectivity index (χ1) is 17.9. The summed E-state index contributed by atoms with van der Waals surface area (Å²) in [6, 6.07) is 8.83. The molecule has 4 aromatic heterocycles. The van der Waals surface area contributed by atoms with Crippen LogP contribution in [0.2, 0.25) is 0 Å². The van der Waals surface area contributed by atoms with Gasteiger partial charge in [-0.3, -0.25) is 4.68 Å². The van der Waals surface area contributed by atoms with E-state index < -0.39 is 36.0 Å². The first kappa shape index (κ1) is 25.2. The Kier molecular flexibility index (Phi) is 5.89. The van der Waals surface area contributed by atoms with Crippen LogP contribution in [-0.2, 0) is 13.1 Å². The maximum atomic E-state index is 14.3.